The first-order valence-electron chi connectivity index (χ1n) is 8.28. The molecule has 0 spiro atoms. The van der Waals surface area contributed by atoms with E-state index in [0.717, 1.165) is 18.3 Å². The molecule has 116 valence electrons. The van der Waals surface area contributed by atoms with Crippen LogP contribution >= 0.6 is 11.8 Å². The van der Waals surface area contributed by atoms with Crippen LogP contribution in [-0.4, -0.2) is 47.5 Å². The summed E-state index contributed by atoms with van der Waals surface area (Å²) in [7, 11) is 0. The van der Waals surface area contributed by atoms with Crippen LogP contribution in [0.4, 0.5) is 0 Å². The van der Waals surface area contributed by atoms with Crippen LogP contribution < -0.4 is 5.32 Å². The van der Waals surface area contributed by atoms with Crippen LogP contribution in [0.3, 0.4) is 0 Å². The minimum atomic E-state index is -0.0151. The average Bonchev–Trinajstić information content (AvgIpc) is 2.75. The van der Waals surface area contributed by atoms with Crippen molar-refractivity contribution < 1.29 is 4.79 Å². The predicted octanol–water partition coefficient (Wildman–Crippen LogP) is 3.04. The summed E-state index contributed by atoms with van der Waals surface area (Å²) in [5, 5.41) is 4.38. The maximum atomic E-state index is 12.5. The van der Waals surface area contributed by atoms with Gasteiger partial charge >= 0.3 is 0 Å². The molecule has 1 saturated carbocycles. The maximum absolute atomic E-state index is 12.5. The molecule has 0 aromatic carbocycles. The zero-order valence-corrected chi connectivity index (χ0v) is 13.9. The third-order valence-corrected chi connectivity index (χ3v) is 5.83. The number of amides is 1. The Morgan fingerprint density at radius 3 is 2.50 bits per heavy atom. The second kappa shape index (κ2) is 8.28. The van der Waals surface area contributed by atoms with Gasteiger partial charge in [0.1, 0.15) is 0 Å². The van der Waals surface area contributed by atoms with Crippen LogP contribution in [-0.2, 0) is 4.79 Å². The highest BCUT2D eigenvalue weighted by Gasteiger charge is 2.26. The highest BCUT2D eigenvalue weighted by Crippen LogP contribution is 2.27. The fraction of sp³-hybridized carbons (Fsp3) is 0.938. The lowest BCUT2D eigenvalue weighted by Gasteiger charge is -2.32. The topological polar surface area (TPSA) is 32.3 Å². The van der Waals surface area contributed by atoms with Crippen LogP contribution in [0.1, 0.15) is 58.3 Å². The van der Waals surface area contributed by atoms with E-state index in [2.05, 4.69) is 23.4 Å². The van der Waals surface area contributed by atoms with E-state index in [1.54, 1.807) is 0 Å². The molecule has 4 heteroatoms. The molecule has 2 fully saturated rings. The molecule has 2 rings (SSSR count). The second-order valence-electron chi connectivity index (χ2n) is 6.35. The first-order valence-corrected chi connectivity index (χ1v) is 9.57. The van der Waals surface area contributed by atoms with E-state index < -0.39 is 0 Å². The highest BCUT2D eigenvalue weighted by atomic mass is 32.2. The molecule has 20 heavy (non-hydrogen) atoms. The molecule has 0 radical (unpaired) electrons. The van der Waals surface area contributed by atoms with E-state index >= 15 is 0 Å². The number of thioether (sulfide) groups is 1. The van der Waals surface area contributed by atoms with Crippen molar-refractivity contribution >= 4 is 17.7 Å². The Kier molecular flexibility index (Phi) is 6.69. The molecular weight excluding hydrogens is 268 g/mol. The van der Waals surface area contributed by atoms with Gasteiger partial charge in [-0.15, -0.1) is 0 Å². The van der Waals surface area contributed by atoms with Gasteiger partial charge in [-0.2, -0.15) is 11.8 Å². The molecule has 1 N–H and O–H groups in total. The third kappa shape index (κ3) is 4.66. The van der Waals surface area contributed by atoms with Crippen molar-refractivity contribution in [2.45, 2.75) is 75.6 Å². The first-order chi connectivity index (χ1) is 9.70. The van der Waals surface area contributed by atoms with Gasteiger partial charge in [0.15, 0.2) is 0 Å². The van der Waals surface area contributed by atoms with Crippen molar-refractivity contribution in [1.29, 1.82) is 0 Å². The fourth-order valence-corrected chi connectivity index (χ4v) is 4.33. The monoisotopic (exact) mass is 298 g/mol. The average molecular weight is 298 g/mol. The number of likely N-dealkylation sites (tertiary alicyclic amines) is 1. The number of carbonyl (C=O) groups excluding carboxylic acids is 1. The molecule has 1 aliphatic carbocycles. The summed E-state index contributed by atoms with van der Waals surface area (Å²) in [6, 6.07) is 0.519. The summed E-state index contributed by atoms with van der Waals surface area (Å²) < 4.78 is 0. The van der Waals surface area contributed by atoms with E-state index in [9.17, 15) is 4.79 Å². The van der Waals surface area contributed by atoms with Crippen LogP contribution in [0.15, 0.2) is 0 Å². The maximum Gasteiger partial charge on any atom is 0.239 e. The molecule has 0 aromatic heterocycles. The fourth-order valence-electron chi connectivity index (χ4n) is 3.50. The number of nitrogens with one attached hydrogen (secondary N) is 1. The van der Waals surface area contributed by atoms with Gasteiger partial charge in [-0.1, -0.05) is 19.3 Å². The SMILES string of the molecule is CSC1CCCC(NC(C)C(=O)N2CCCCCC2)C1. The summed E-state index contributed by atoms with van der Waals surface area (Å²) in [5.74, 6) is 0.318. The Labute approximate surface area is 128 Å². The Balaban J connectivity index is 1.80. The highest BCUT2D eigenvalue weighted by molar-refractivity contribution is 7.99. The molecule has 1 saturated heterocycles. The van der Waals surface area contributed by atoms with Crippen molar-refractivity contribution in [2.75, 3.05) is 19.3 Å². The Hall–Kier alpha value is -0.220. The lowest BCUT2D eigenvalue weighted by Crippen LogP contribution is -2.49. The lowest BCUT2D eigenvalue weighted by atomic mass is 9.94. The van der Waals surface area contributed by atoms with E-state index in [0.29, 0.717) is 11.9 Å². The van der Waals surface area contributed by atoms with Crippen molar-refractivity contribution in [3.8, 4) is 0 Å². The minimum absolute atomic E-state index is 0.0151. The van der Waals surface area contributed by atoms with Crippen LogP contribution in [0.25, 0.3) is 0 Å². The van der Waals surface area contributed by atoms with Crippen LogP contribution in [0.5, 0.6) is 0 Å². The van der Waals surface area contributed by atoms with Gasteiger partial charge in [-0.3, -0.25) is 4.79 Å². The number of carbonyl (C=O) groups is 1. The van der Waals surface area contributed by atoms with Gasteiger partial charge < -0.3 is 10.2 Å². The van der Waals surface area contributed by atoms with Crippen LogP contribution in [0.2, 0.25) is 0 Å². The largest absolute Gasteiger partial charge is 0.341 e. The van der Waals surface area contributed by atoms with E-state index in [4.69, 9.17) is 0 Å². The zero-order chi connectivity index (χ0) is 14.4. The van der Waals surface area contributed by atoms with Crippen molar-refractivity contribution in [3.63, 3.8) is 0 Å². The smallest absolute Gasteiger partial charge is 0.239 e. The number of rotatable bonds is 4. The van der Waals surface area contributed by atoms with Crippen molar-refractivity contribution in [2.24, 2.45) is 0 Å². The number of nitrogens with zero attached hydrogens (tertiary/aromatic N) is 1. The molecular formula is C16H30N2OS. The molecule has 2 aliphatic rings. The minimum Gasteiger partial charge on any atom is -0.341 e. The molecule has 1 aliphatic heterocycles. The molecule has 3 nitrogen and oxygen atoms in total. The number of hydrogen-bond acceptors (Lipinski definition) is 3. The first kappa shape index (κ1) is 16.2. The molecule has 0 bridgehead atoms. The molecule has 1 amide bonds. The van der Waals surface area contributed by atoms with Gasteiger partial charge in [0.2, 0.25) is 5.91 Å². The molecule has 3 unspecified atom stereocenters. The van der Waals surface area contributed by atoms with Gasteiger partial charge in [0.25, 0.3) is 0 Å². The quantitative estimate of drug-likeness (QED) is 0.866. The standard InChI is InChI=1S/C16H30N2OS/c1-13(16(19)18-10-5-3-4-6-11-18)17-14-8-7-9-15(12-14)20-2/h13-15,17H,3-12H2,1-2H3. The summed E-state index contributed by atoms with van der Waals surface area (Å²) in [6.07, 6.45) is 12.2. The van der Waals surface area contributed by atoms with Gasteiger partial charge in [0.05, 0.1) is 6.04 Å². The zero-order valence-electron chi connectivity index (χ0n) is 13.1. The van der Waals surface area contributed by atoms with Gasteiger partial charge in [-0.25, -0.2) is 0 Å². The van der Waals surface area contributed by atoms with Crippen molar-refractivity contribution in [3.05, 3.63) is 0 Å². The summed E-state index contributed by atoms with van der Waals surface area (Å²) in [4.78, 5) is 14.6. The van der Waals surface area contributed by atoms with E-state index in [-0.39, 0.29) is 6.04 Å². The number of hydrogen-bond donors (Lipinski definition) is 1. The van der Waals surface area contributed by atoms with Crippen LogP contribution in [0, 0.1) is 0 Å². The van der Waals surface area contributed by atoms with Gasteiger partial charge in [-0.05, 0) is 45.3 Å². The second-order valence-corrected chi connectivity index (χ2v) is 7.49. The summed E-state index contributed by atoms with van der Waals surface area (Å²) in [5.41, 5.74) is 0. The molecule has 3 atom stereocenters. The van der Waals surface area contributed by atoms with E-state index in [1.165, 1.54) is 51.4 Å². The Bertz CT molecular complexity index is 303. The Morgan fingerprint density at radius 2 is 1.85 bits per heavy atom. The van der Waals surface area contributed by atoms with Crippen molar-refractivity contribution in [1.82, 2.24) is 10.2 Å². The normalized spacial score (nSPS) is 29.8. The lowest BCUT2D eigenvalue weighted by molar-refractivity contribution is -0.133. The molecule has 0 aromatic rings. The molecule has 1 heterocycles. The Morgan fingerprint density at radius 1 is 1.15 bits per heavy atom. The van der Waals surface area contributed by atoms with Gasteiger partial charge in [0, 0.05) is 24.4 Å². The van der Waals surface area contributed by atoms with E-state index in [1.807, 2.05) is 11.8 Å². The third-order valence-electron chi connectivity index (χ3n) is 4.73. The summed E-state index contributed by atoms with van der Waals surface area (Å²) in [6.45, 7) is 3.97. The predicted molar refractivity (Wildman–Crippen MR) is 87.2 cm³/mol. The summed E-state index contributed by atoms with van der Waals surface area (Å²) >= 11 is 1.98.